The summed E-state index contributed by atoms with van der Waals surface area (Å²) in [5.74, 6) is 0.510. The molecule has 0 amide bonds. The van der Waals surface area contributed by atoms with E-state index >= 15 is 0 Å². The Labute approximate surface area is 101 Å². The summed E-state index contributed by atoms with van der Waals surface area (Å²) < 4.78 is 1.09. The van der Waals surface area contributed by atoms with Crippen molar-refractivity contribution in [1.29, 1.82) is 0 Å². The largest absolute Gasteiger partial charge is 0.395 e. The molecule has 2 heteroatoms. The standard InChI is InChI=1S/C13H19BrO/c1-9(2)10-5-11(7-12(14)6-10)13(3,4)8-15/h5-7,9,15H,8H2,1-4H3. The highest BCUT2D eigenvalue weighted by Crippen LogP contribution is 2.29. The number of hydrogen-bond acceptors (Lipinski definition) is 1. The van der Waals surface area contributed by atoms with Crippen LogP contribution in [0.4, 0.5) is 0 Å². The van der Waals surface area contributed by atoms with Gasteiger partial charge in [0.2, 0.25) is 0 Å². The number of benzene rings is 1. The minimum absolute atomic E-state index is 0.168. The average molecular weight is 271 g/mol. The Morgan fingerprint density at radius 2 is 1.87 bits per heavy atom. The molecule has 0 aliphatic heterocycles. The first-order valence-corrected chi connectivity index (χ1v) is 6.08. The van der Waals surface area contributed by atoms with E-state index in [1.807, 2.05) is 0 Å². The third kappa shape index (κ3) is 3.05. The van der Waals surface area contributed by atoms with Gasteiger partial charge in [0, 0.05) is 9.89 Å². The summed E-state index contributed by atoms with van der Waals surface area (Å²) in [7, 11) is 0. The lowest BCUT2D eigenvalue weighted by Crippen LogP contribution is -2.22. The molecule has 0 aromatic heterocycles. The molecule has 84 valence electrons. The normalized spacial score (nSPS) is 12.2. The molecule has 0 aliphatic carbocycles. The SMILES string of the molecule is CC(C)c1cc(Br)cc(C(C)(C)CO)c1. The highest BCUT2D eigenvalue weighted by atomic mass is 79.9. The van der Waals surface area contributed by atoms with E-state index in [1.165, 1.54) is 11.1 Å². The molecule has 0 spiro atoms. The van der Waals surface area contributed by atoms with Crippen LogP contribution in [-0.2, 0) is 5.41 Å². The molecule has 0 aliphatic rings. The predicted molar refractivity (Wildman–Crippen MR) is 68.3 cm³/mol. The molecule has 0 radical (unpaired) electrons. The van der Waals surface area contributed by atoms with E-state index in [9.17, 15) is 5.11 Å². The summed E-state index contributed by atoms with van der Waals surface area (Å²) in [5, 5.41) is 9.35. The summed E-state index contributed by atoms with van der Waals surface area (Å²) >= 11 is 3.52. The number of aliphatic hydroxyl groups is 1. The fourth-order valence-corrected chi connectivity index (χ4v) is 1.94. The van der Waals surface area contributed by atoms with E-state index < -0.39 is 0 Å². The summed E-state index contributed by atoms with van der Waals surface area (Å²) in [6, 6.07) is 6.41. The zero-order valence-corrected chi connectivity index (χ0v) is 11.4. The van der Waals surface area contributed by atoms with Crippen LogP contribution in [0.3, 0.4) is 0 Å². The maximum absolute atomic E-state index is 9.35. The molecule has 0 unspecified atom stereocenters. The molecular weight excluding hydrogens is 252 g/mol. The van der Waals surface area contributed by atoms with Crippen LogP contribution in [-0.4, -0.2) is 11.7 Å². The van der Waals surface area contributed by atoms with Gasteiger partial charge in [-0.1, -0.05) is 49.7 Å². The van der Waals surface area contributed by atoms with Crippen LogP contribution in [0.15, 0.2) is 22.7 Å². The minimum atomic E-state index is -0.173. The van der Waals surface area contributed by atoms with Crippen molar-refractivity contribution in [3.05, 3.63) is 33.8 Å². The predicted octanol–water partition coefficient (Wildman–Crippen LogP) is 3.84. The van der Waals surface area contributed by atoms with E-state index in [-0.39, 0.29) is 12.0 Å². The fraction of sp³-hybridized carbons (Fsp3) is 0.538. The number of hydrogen-bond donors (Lipinski definition) is 1. The maximum Gasteiger partial charge on any atom is 0.0522 e. The van der Waals surface area contributed by atoms with Crippen molar-refractivity contribution in [3.8, 4) is 0 Å². The molecule has 0 fully saturated rings. The van der Waals surface area contributed by atoms with Crippen LogP contribution >= 0.6 is 15.9 Å². The van der Waals surface area contributed by atoms with Gasteiger partial charge in [0.15, 0.2) is 0 Å². The van der Waals surface area contributed by atoms with Gasteiger partial charge in [-0.25, -0.2) is 0 Å². The van der Waals surface area contributed by atoms with Crippen LogP contribution in [0.1, 0.15) is 44.7 Å². The number of rotatable bonds is 3. The smallest absolute Gasteiger partial charge is 0.0522 e. The Bertz CT molecular complexity index is 342. The molecule has 15 heavy (non-hydrogen) atoms. The average Bonchev–Trinajstić information content (AvgIpc) is 2.16. The molecule has 1 nitrogen and oxygen atoms in total. The first kappa shape index (κ1) is 12.7. The summed E-state index contributed by atoms with van der Waals surface area (Å²) in [4.78, 5) is 0. The zero-order valence-electron chi connectivity index (χ0n) is 9.84. The van der Waals surface area contributed by atoms with Gasteiger partial charge in [0.05, 0.1) is 6.61 Å². The zero-order chi connectivity index (χ0) is 11.6. The Balaban J connectivity index is 3.20. The second-order valence-electron chi connectivity index (χ2n) is 4.97. The van der Waals surface area contributed by atoms with Crippen molar-refractivity contribution in [2.45, 2.75) is 39.0 Å². The van der Waals surface area contributed by atoms with Crippen molar-refractivity contribution in [1.82, 2.24) is 0 Å². The third-order valence-corrected chi connectivity index (χ3v) is 3.22. The third-order valence-electron chi connectivity index (χ3n) is 2.76. The molecule has 0 heterocycles. The van der Waals surface area contributed by atoms with Crippen LogP contribution in [0.25, 0.3) is 0 Å². The van der Waals surface area contributed by atoms with Crippen LogP contribution in [0.2, 0.25) is 0 Å². The van der Waals surface area contributed by atoms with Crippen molar-refractivity contribution in [2.75, 3.05) is 6.61 Å². The first-order chi connectivity index (χ1) is 6.86. The van der Waals surface area contributed by atoms with Gasteiger partial charge in [0.25, 0.3) is 0 Å². The van der Waals surface area contributed by atoms with Gasteiger partial charge in [0.1, 0.15) is 0 Å². The lowest BCUT2D eigenvalue weighted by Gasteiger charge is -2.24. The van der Waals surface area contributed by atoms with Gasteiger partial charge in [-0.05, 0) is 29.2 Å². The van der Waals surface area contributed by atoms with E-state index in [1.54, 1.807) is 0 Å². The second-order valence-corrected chi connectivity index (χ2v) is 5.89. The second kappa shape index (κ2) is 4.67. The van der Waals surface area contributed by atoms with Gasteiger partial charge < -0.3 is 5.11 Å². The van der Waals surface area contributed by atoms with E-state index in [0.717, 1.165) is 4.47 Å². The Morgan fingerprint density at radius 1 is 1.27 bits per heavy atom. The lowest BCUT2D eigenvalue weighted by atomic mass is 9.84. The maximum atomic E-state index is 9.35. The van der Waals surface area contributed by atoms with Crippen LogP contribution < -0.4 is 0 Å². The van der Waals surface area contributed by atoms with Gasteiger partial charge >= 0.3 is 0 Å². The van der Waals surface area contributed by atoms with Crippen molar-refractivity contribution in [2.24, 2.45) is 0 Å². The van der Waals surface area contributed by atoms with Crippen molar-refractivity contribution >= 4 is 15.9 Å². The van der Waals surface area contributed by atoms with E-state index in [4.69, 9.17) is 0 Å². The molecule has 1 aromatic rings. The molecule has 0 saturated heterocycles. The fourth-order valence-electron chi connectivity index (χ4n) is 1.43. The molecule has 1 rings (SSSR count). The quantitative estimate of drug-likeness (QED) is 0.885. The van der Waals surface area contributed by atoms with E-state index in [2.05, 4.69) is 61.8 Å². The summed E-state index contributed by atoms with van der Waals surface area (Å²) in [6.45, 7) is 8.63. The molecular formula is C13H19BrO. The topological polar surface area (TPSA) is 20.2 Å². The monoisotopic (exact) mass is 270 g/mol. The lowest BCUT2D eigenvalue weighted by molar-refractivity contribution is 0.218. The first-order valence-electron chi connectivity index (χ1n) is 5.28. The Morgan fingerprint density at radius 3 is 2.33 bits per heavy atom. The van der Waals surface area contributed by atoms with Crippen LogP contribution in [0, 0.1) is 0 Å². The highest BCUT2D eigenvalue weighted by Gasteiger charge is 2.20. The summed E-state index contributed by atoms with van der Waals surface area (Å²) in [6.07, 6.45) is 0. The molecule has 0 saturated carbocycles. The van der Waals surface area contributed by atoms with E-state index in [0.29, 0.717) is 5.92 Å². The molecule has 0 atom stereocenters. The molecule has 1 aromatic carbocycles. The Kier molecular flexibility index (Phi) is 3.96. The summed E-state index contributed by atoms with van der Waals surface area (Å²) in [5.41, 5.74) is 2.32. The Hall–Kier alpha value is -0.340. The molecule has 1 N–H and O–H groups in total. The van der Waals surface area contributed by atoms with Gasteiger partial charge in [-0.2, -0.15) is 0 Å². The van der Waals surface area contributed by atoms with Crippen molar-refractivity contribution in [3.63, 3.8) is 0 Å². The van der Waals surface area contributed by atoms with Gasteiger partial charge in [-0.15, -0.1) is 0 Å². The minimum Gasteiger partial charge on any atom is -0.395 e. The van der Waals surface area contributed by atoms with Crippen LogP contribution in [0.5, 0.6) is 0 Å². The van der Waals surface area contributed by atoms with Crippen molar-refractivity contribution < 1.29 is 5.11 Å². The highest BCUT2D eigenvalue weighted by molar-refractivity contribution is 9.10. The number of halogens is 1. The molecule has 0 bridgehead atoms. The van der Waals surface area contributed by atoms with Gasteiger partial charge in [-0.3, -0.25) is 0 Å². The number of aliphatic hydroxyl groups excluding tert-OH is 1.